The van der Waals surface area contributed by atoms with Crippen LogP contribution in [0.1, 0.15) is 24.0 Å². The Hall–Kier alpha value is -3.94. The lowest BCUT2D eigenvalue weighted by molar-refractivity contribution is 0.448. The van der Waals surface area contributed by atoms with E-state index >= 15 is 0 Å². The second-order valence-corrected chi connectivity index (χ2v) is 8.62. The third-order valence-corrected chi connectivity index (χ3v) is 6.28. The standard InChI is InChI=1S/C26H30N8/c1-33-15-7-13-27-25(33)31-29-17-23-19-9-3-5-11-21(19)24(22-12-6-4-10-20(22)23)18-30-32-26-28-14-8-16-34(26)2/h3-6,9-12,17-18H,7-8,13-16H2,1-2H3,(H,27,31)(H,28,32)/b29-17+,30-18+. The summed E-state index contributed by atoms with van der Waals surface area (Å²) in [7, 11) is 4.06. The number of rotatable bonds is 4. The lowest BCUT2D eigenvalue weighted by Crippen LogP contribution is -2.39. The summed E-state index contributed by atoms with van der Waals surface area (Å²) < 4.78 is 0. The van der Waals surface area contributed by atoms with Gasteiger partial charge in [0.2, 0.25) is 11.9 Å². The number of aliphatic imine (C=N–C) groups is 2. The number of guanidine groups is 2. The van der Waals surface area contributed by atoms with Crippen molar-refractivity contribution < 1.29 is 0 Å². The van der Waals surface area contributed by atoms with Crippen molar-refractivity contribution in [3.05, 3.63) is 59.7 Å². The molecule has 2 heterocycles. The van der Waals surface area contributed by atoms with Crippen molar-refractivity contribution in [1.82, 2.24) is 20.7 Å². The van der Waals surface area contributed by atoms with Crippen LogP contribution in [0.2, 0.25) is 0 Å². The third kappa shape index (κ3) is 4.44. The summed E-state index contributed by atoms with van der Waals surface area (Å²) in [4.78, 5) is 13.3. The molecule has 174 valence electrons. The summed E-state index contributed by atoms with van der Waals surface area (Å²) >= 11 is 0. The maximum absolute atomic E-state index is 4.56. The van der Waals surface area contributed by atoms with Gasteiger partial charge in [-0.25, -0.2) is 10.9 Å². The van der Waals surface area contributed by atoms with Crippen LogP contribution in [-0.4, -0.2) is 74.4 Å². The van der Waals surface area contributed by atoms with Crippen molar-refractivity contribution in [2.45, 2.75) is 12.8 Å². The van der Waals surface area contributed by atoms with Gasteiger partial charge in [0.25, 0.3) is 0 Å². The summed E-state index contributed by atoms with van der Waals surface area (Å²) in [5, 5.41) is 13.6. The van der Waals surface area contributed by atoms with Gasteiger partial charge < -0.3 is 9.80 Å². The molecule has 0 atom stereocenters. The molecule has 0 radical (unpaired) electrons. The first-order chi connectivity index (χ1) is 16.7. The molecule has 0 unspecified atom stereocenters. The Morgan fingerprint density at radius 1 is 0.676 bits per heavy atom. The van der Waals surface area contributed by atoms with Crippen LogP contribution in [0, 0.1) is 0 Å². The maximum Gasteiger partial charge on any atom is 0.214 e. The molecule has 0 aliphatic carbocycles. The van der Waals surface area contributed by atoms with E-state index in [1.807, 2.05) is 26.5 Å². The highest BCUT2D eigenvalue weighted by Crippen LogP contribution is 2.31. The maximum atomic E-state index is 4.56. The van der Waals surface area contributed by atoms with E-state index in [0.29, 0.717) is 0 Å². The molecule has 3 aromatic carbocycles. The fourth-order valence-corrected chi connectivity index (χ4v) is 4.46. The summed E-state index contributed by atoms with van der Waals surface area (Å²) in [6.45, 7) is 3.63. The van der Waals surface area contributed by atoms with Gasteiger partial charge in [-0.1, -0.05) is 48.5 Å². The Labute approximate surface area is 199 Å². The second-order valence-electron chi connectivity index (χ2n) is 8.62. The number of nitrogens with zero attached hydrogens (tertiary/aromatic N) is 6. The molecule has 0 saturated carbocycles. The largest absolute Gasteiger partial charge is 0.345 e. The van der Waals surface area contributed by atoms with Gasteiger partial charge >= 0.3 is 0 Å². The second kappa shape index (κ2) is 9.91. The molecule has 2 aliphatic rings. The van der Waals surface area contributed by atoms with Gasteiger partial charge in [0.15, 0.2) is 0 Å². The Morgan fingerprint density at radius 2 is 1.06 bits per heavy atom. The van der Waals surface area contributed by atoms with Crippen LogP contribution in [0.3, 0.4) is 0 Å². The van der Waals surface area contributed by atoms with Crippen LogP contribution in [0.5, 0.6) is 0 Å². The predicted octanol–water partition coefficient (Wildman–Crippen LogP) is 3.22. The van der Waals surface area contributed by atoms with Crippen LogP contribution in [0.15, 0.2) is 68.7 Å². The highest BCUT2D eigenvalue weighted by Gasteiger charge is 2.13. The zero-order valence-electron chi connectivity index (χ0n) is 19.7. The highest BCUT2D eigenvalue weighted by molar-refractivity contribution is 6.21. The minimum atomic E-state index is 0.807. The molecule has 0 fully saturated rings. The molecule has 5 rings (SSSR count). The number of nitrogens with one attached hydrogen (secondary N) is 2. The minimum Gasteiger partial charge on any atom is -0.345 e. The molecule has 2 aliphatic heterocycles. The Kier molecular flexibility index (Phi) is 6.38. The zero-order chi connectivity index (χ0) is 23.3. The van der Waals surface area contributed by atoms with Crippen molar-refractivity contribution >= 4 is 45.9 Å². The average Bonchev–Trinajstić information content (AvgIpc) is 2.87. The van der Waals surface area contributed by atoms with Gasteiger partial charge in [0.05, 0.1) is 12.4 Å². The smallest absolute Gasteiger partial charge is 0.214 e. The molecule has 0 bridgehead atoms. The van der Waals surface area contributed by atoms with Crippen LogP contribution >= 0.6 is 0 Å². The molecule has 34 heavy (non-hydrogen) atoms. The first-order valence-electron chi connectivity index (χ1n) is 11.7. The number of hydrogen-bond donors (Lipinski definition) is 2. The fraction of sp³-hybridized carbons (Fsp3) is 0.308. The van der Waals surface area contributed by atoms with Gasteiger partial charge in [0, 0.05) is 51.4 Å². The Morgan fingerprint density at radius 3 is 1.41 bits per heavy atom. The van der Waals surface area contributed by atoms with E-state index in [4.69, 9.17) is 0 Å². The number of hydrazone groups is 2. The van der Waals surface area contributed by atoms with Crippen LogP contribution in [-0.2, 0) is 0 Å². The minimum absolute atomic E-state index is 0.807. The van der Waals surface area contributed by atoms with Crippen LogP contribution in [0.4, 0.5) is 0 Å². The number of benzene rings is 3. The monoisotopic (exact) mass is 454 g/mol. The zero-order valence-corrected chi connectivity index (χ0v) is 19.7. The quantitative estimate of drug-likeness (QED) is 0.360. The molecule has 2 N–H and O–H groups in total. The molecule has 0 amide bonds. The molecule has 0 aromatic heterocycles. The summed E-state index contributed by atoms with van der Waals surface area (Å²) in [5.41, 5.74) is 8.40. The first kappa shape index (κ1) is 21.9. The van der Waals surface area contributed by atoms with Gasteiger partial charge in [-0.05, 0) is 34.4 Å². The van der Waals surface area contributed by atoms with Gasteiger partial charge in [0.1, 0.15) is 0 Å². The van der Waals surface area contributed by atoms with Crippen LogP contribution in [0.25, 0.3) is 21.5 Å². The van der Waals surface area contributed by atoms with E-state index in [2.05, 4.69) is 89.4 Å². The van der Waals surface area contributed by atoms with E-state index in [-0.39, 0.29) is 0 Å². The van der Waals surface area contributed by atoms with E-state index in [1.54, 1.807) is 0 Å². The first-order valence-corrected chi connectivity index (χ1v) is 11.7. The third-order valence-electron chi connectivity index (χ3n) is 6.28. The molecule has 0 spiro atoms. The van der Waals surface area contributed by atoms with E-state index < -0.39 is 0 Å². The van der Waals surface area contributed by atoms with Crippen molar-refractivity contribution in [3.63, 3.8) is 0 Å². The molecule has 8 heteroatoms. The number of fused-ring (bicyclic) bond motifs is 2. The molecule has 8 nitrogen and oxygen atoms in total. The van der Waals surface area contributed by atoms with Crippen molar-refractivity contribution in [3.8, 4) is 0 Å². The topological polar surface area (TPSA) is 80.0 Å². The van der Waals surface area contributed by atoms with Gasteiger partial charge in [-0.15, -0.1) is 0 Å². The summed E-state index contributed by atoms with van der Waals surface area (Å²) in [6.07, 6.45) is 5.95. The number of hydrogen-bond acceptors (Lipinski definition) is 8. The van der Waals surface area contributed by atoms with Crippen LogP contribution < -0.4 is 10.9 Å². The van der Waals surface area contributed by atoms with Crippen molar-refractivity contribution in [2.75, 3.05) is 40.3 Å². The van der Waals surface area contributed by atoms with E-state index in [0.717, 1.165) is 83.6 Å². The fourth-order valence-electron chi connectivity index (χ4n) is 4.46. The SMILES string of the molecule is CN1CCCN=C1N/N=C/c1c2ccccc2c(/C=N/NC2=NCCCN2C)c2ccccc12. The molecule has 3 aromatic rings. The normalized spacial score (nSPS) is 17.0. The summed E-state index contributed by atoms with van der Waals surface area (Å²) in [6, 6.07) is 16.8. The predicted molar refractivity (Wildman–Crippen MR) is 142 cm³/mol. The van der Waals surface area contributed by atoms with Gasteiger partial charge in [-0.2, -0.15) is 10.2 Å². The molecular weight excluding hydrogens is 424 g/mol. The molecular formula is C26H30N8. The lowest BCUT2D eigenvalue weighted by atomic mass is 9.92. The average molecular weight is 455 g/mol. The van der Waals surface area contributed by atoms with Gasteiger partial charge in [-0.3, -0.25) is 9.98 Å². The molecule has 0 saturated heterocycles. The van der Waals surface area contributed by atoms with Crippen molar-refractivity contribution in [2.24, 2.45) is 20.2 Å². The van der Waals surface area contributed by atoms with E-state index in [9.17, 15) is 0 Å². The highest BCUT2D eigenvalue weighted by atomic mass is 15.4. The van der Waals surface area contributed by atoms with Crippen molar-refractivity contribution in [1.29, 1.82) is 0 Å². The Balaban J connectivity index is 1.53. The Bertz CT molecular complexity index is 1150. The lowest BCUT2D eigenvalue weighted by Gasteiger charge is -2.23. The van der Waals surface area contributed by atoms with E-state index in [1.165, 1.54) is 0 Å². The summed E-state index contributed by atoms with van der Waals surface area (Å²) in [5.74, 6) is 1.61.